The second-order valence-corrected chi connectivity index (χ2v) is 5.03. The van der Waals surface area contributed by atoms with Crippen molar-refractivity contribution in [3.05, 3.63) is 24.3 Å². The quantitative estimate of drug-likeness (QED) is 0.739. The van der Waals surface area contributed by atoms with Gasteiger partial charge < -0.3 is 14.8 Å². The summed E-state index contributed by atoms with van der Waals surface area (Å²) in [5.74, 6) is 0.692. The van der Waals surface area contributed by atoms with Crippen molar-refractivity contribution in [1.29, 1.82) is 0 Å². The summed E-state index contributed by atoms with van der Waals surface area (Å²) in [5, 5.41) is 18.2. The summed E-state index contributed by atoms with van der Waals surface area (Å²) < 4.78 is 5.69. The van der Waals surface area contributed by atoms with Crippen LogP contribution in [0, 0.1) is 0 Å². The van der Waals surface area contributed by atoms with E-state index >= 15 is 0 Å². The fourth-order valence-corrected chi connectivity index (χ4v) is 2.70. The van der Waals surface area contributed by atoms with E-state index in [1.165, 1.54) is 19.3 Å². The largest absolute Gasteiger partial charge is 0.492 e. The molecule has 2 rings (SSSR count). The molecule has 0 saturated carbocycles. The fourth-order valence-electron chi connectivity index (χ4n) is 2.70. The van der Waals surface area contributed by atoms with Gasteiger partial charge in [0.25, 0.3) is 0 Å². The van der Waals surface area contributed by atoms with Crippen LogP contribution in [0.5, 0.6) is 5.75 Å². The zero-order valence-electron chi connectivity index (χ0n) is 11.5. The van der Waals surface area contributed by atoms with Crippen LogP contribution >= 0.6 is 0 Å². The van der Waals surface area contributed by atoms with Gasteiger partial charge in [-0.15, -0.1) is 0 Å². The van der Waals surface area contributed by atoms with E-state index in [-0.39, 0.29) is 0 Å². The summed E-state index contributed by atoms with van der Waals surface area (Å²) in [6.45, 7) is 4.97. The van der Waals surface area contributed by atoms with Gasteiger partial charge in [0, 0.05) is 12.6 Å². The van der Waals surface area contributed by atoms with Gasteiger partial charge in [0.2, 0.25) is 0 Å². The van der Waals surface area contributed by atoms with Crippen LogP contribution < -0.4 is 10.2 Å². The Labute approximate surface area is 115 Å². The zero-order chi connectivity index (χ0) is 13.7. The van der Waals surface area contributed by atoms with Crippen LogP contribution in [0.15, 0.2) is 24.3 Å². The minimum atomic E-state index is -1.44. The molecule has 0 amide bonds. The van der Waals surface area contributed by atoms with Crippen molar-refractivity contribution in [2.75, 3.05) is 19.7 Å². The SMILES string of the molecule is CCC1CCCN1CCOc1cccc(B(O)O)c1. The number of nitrogens with zero attached hydrogens (tertiary/aromatic N) is 1. The van der Waals surface area contributed by atoms with Gasteiger partial charge in [-0.2, -0.15) is 0 Å². The molecule has 2 N–H and O–H groups in total. The number of benzene rings is 1. The van der Waals surface area contributed by atoms with Crippen LogP contribution in [-0.4, -0.2) is 47.8 Å². The first-order valence-corrected chi connectivity index (χ1v) is 7.03. The zero-order valence-corrected chi connectivity index (χ0v) is 11.5. The van der Waals surface area contributed by atoms with Gasteiger partial charge >= 0.3 is 7.12 Å². The Hall–Kier alpha value is -1.04. The van der Waals surface area contributed by atoms with Gasteiger partial charge in [-0.3, -0.25) is 4.90 Å². The summed E-state index contributed by atoms with van der Waals surface area (Å²) in [4.78, 5) is 2.48. The van der Waals surface area contributed by atoms with Crippen molar-refractivity contribution in [2.24, 2.45) is 0 Å². The number of likely N-dealkylation sites (tertiary alicyclic amines) is 1. The Balaban J connectivity index is 1.80. The van der Waals surface area contributed by atoms with E-state index in [2.05, 4.69) is 11.8 Å². The van der Waals surface area contributed by atoms with Crippen LogP contribution in [0.1, 0.15) is 26.2 Å². The summed E-state index contributed by atoms with van der Waals surface area (Å²) in [5.41, 5.74) is 0.463. The van der Waals surface area contributed by atoms with Gasteiger partial charge in [-0.1, -0.05) is 19.1 Å². The van der Waals surface area contributed by atoms with E-state index in [1.54, 1.807) is 18.2 Å². The van der Waals surface area contributed by atoms with Gasteiger partial charge in [0.1, 0.15) is 12.4 Å². The van der Waals surface area contributed by atoms with Crippen molar-refractivity contribution in [3.63, 3.8) is 0 Å². The molecule has 0 aromatic heterocycles. The molecule has 0 radical (unpaired) electrons. The van der Waals surface area contributed by atoms with Crippen molar-refractivity contribution < 1.29 is 14.8 Å². The summed E-state index contributed by atoms with van der Waals surface area (Å²) in [7, 11) is -1.44. The molecule has 0 spiro atoms. The highest BCUT2D eigenvalue weighted by Gasteiger charge is 2.22. The monoisotopic (exact) mass is 263 g/mol. The smallest absolute Gasteiger partial charge is 0.488 e. The molecular weight excluding hydrogens is 241 g/mol. The van der Waals surface area contributed by atoms with Gasteiger partial charge in [0.15, 0.2) is 0 Å². The maximum Gasteiger partial charge on any atom is 0.488 e. The minimum absolute atomic E-state index is 0.463. The van der Waals surface area contributed by atoms with Crippen LogP contribution in [0.4, 0.5) is 0 Å². The average molecular weight is 263 g/mol. The van der Waals surface area contributed by atoms with Crippen molar-refractivity contribution >= 4 is 12.6 Å². The molecule has 4 nitrogen and oxygen atoms in total. The molecule has 1 saturated heterocycles. The topological polar surface area (TPSA) is 52.9 Å². The first-order valence-electron chi connectivity index (χ1n) is 7.03. The molecule has 1 aromatic carbocycles. The molecule has 1 aliphatic rings. The lowest BCUT2D eigenvalue weighted by atomic mass is 9.80. The summed E-state index contributed by atoms with van der Waals surface area (Å²) in [6.07, 6.45) is 3.78. The number of rotatable bonds is 6. The number of ether oxygens (including phenoxy) is 1. The number of hydrogen-bond donors (Lipinski definition) is 2. The van der Waals surface area contributed by atoms with Crippen LogP contribution in [0.25, 0.3) is 0 Å². The Morgan fingerprint density at radius 3 is 3.00 bits per heavy atom. The molecule has 104 valence electrons. The Morgan fingerprint density at radius 1 is 1.42 bits per heavy atom. The van der Waals surface area contributed by atoms with Gasteiger partial charge in [-0.25, -0.2) is 0 Å². The van der Waals surface area contributed by atoms with E-state index < -0.39 is 7.12 Å². The minimum Gasteiger partial charge on any atom is -0.492 e. The van der Waals surface area contributed by atoms with Crippen molar-refractivity contribution in [1.82, 2.24) is 4.90 Å². The molecule has 19 heavy (non-hydrogen) atoms. The predicted octanol–water partition coefficient (Wildman–Crippen LogP) is 0.620. The van der Waals surface area contributed by atoms with Gasteiger partial charge in [0.05, 0.1) is 0 Å². The molecule has 0 bridgehead atoms. The third-order valence-corrected chi connectivity index (χ3v) is 3.77. The van der Waals surface area contributed by atoms with E-state index in [0.717, 1.165) is 13.1 Å². The Kier molecular flexibility index (Phi) is 5.25. The highest BCUT2D eigenvalue weighted by molar-refractivity contribution is 6.58. The summed E-state index contributed by atoms with van der Waals surface area (Å²) >= 11 is 0. The van der Waals surface area contributed by atoms with E-state index in [1.807, 2.05) is 6.07 Å². The van der Waals surface area contributed by atoms with E-state index in [9.17, 15) is 0 Å². The molecule has 1 heterocycles. The van der Waals surface area contributed by atoms with Crippen LogP contribution in [-0.2, 0) is 0 Å². The van der Waals surface area contributed by atoms with Crippen molar-refractivity contribution in [2.45, 2.75) is 32.2 Å². The molecular formula is C14H22BNO3. The Bertz CT molecular complexity index is 400. The second kappa shape index (κ2) is 6.94. The molecule has 1 aromatic rings. The van der Waals surface area contributed by atoms with E-state index in [4.69, 9.17) is 14.8 Å². The summed E-state index contributed by atoms with van der Waals surface area (Å²) in [6, 6.07) is 7.66. The van der Waals surface area contributed by atoms with E-state index in [0.29, 0.717) is 23.9 Å². The molecule has 1 aliphatic heterocycles. The second-order valence-electron chi connectivity index (χ2n) is 5.03. The first kappa shape index (κ1) is 14.4. The molecule has 1 fully saturated rings. The maximum absolute atomic E-state index is 9.10. The third-order valence-electron chi connectivity index (χ3n) is 3.77. The standard InChI is InChI=1S/C14H22BNO3/c1-2-13-6-4-8-16(13)9-10-19-14-7-3-5-12(11-14)15(17)18/h3,5,7,11,13,17-18H,2,4,6,8-10H2,1H3. The van der Waals surface area contributed by atoms with Gasteiger partial charge in [-0.05, 0) is 43.4 Å². The highest BCUT2D eigenvalue weighted by Crippen LogP contribution is 2.19. The number of hydrogen-bond acceptors (Lipinski definition) is 4. The lowest BCUT2D eigenvalue weighted by Gasteiger charge is -2.23. The molecule has 1 atom stereocenters. The first-order chi connectivity index (χ1) is 9.20. The van der Waals surface area contributed by atoms with Crippen LogP contribution in [0.3, 0.4) is 0 Å². The molecule has 1 unspecified atom stereocenters. The lowest BCUT2D eigenvalue weighted by Crippen LogP contribution is -2.33. The third kappa shape index (κ3) is 3.96. The highest BCUT2D eigenvalue weighted by atomic mass is 16.5. The predicted molar refractivity (Wildman–Crippen MR) is 76.6 cm³/mol. The molecule has 5 heteroatoms. The normalized spacial score (nSPS) is 19.6. The lowest BCUT2D eigenvalue weighted by molar-refractivity contribution is 0.194. The van der Waals surface area contributed by atoms with Crippen LogP contribution in [0.2, 0.25) is 0 Å². The molecule has 0 aliphatic carbocycles. The maximum atomic E-state index is 9.10. The fraction of sp³-hybridized carbons (Fsp3) is 0.571. The van der Waals surface area contributed by atoms with Crippen molar-refractivity contribution in [3.8, 4) is 5.75 Å². The Morgan fingerprint density at radius 2 is 2.26 bits per heavy atom. The average Bonchev–Trinajstić information content (AvgIpc) is 2.86.